The van der Waals surface area contributed by atoms with Crippen molar-refractivity contribution in [2.24, 2.45) is 0 Å². The van der Waals surface area contributed by atoms with Crippen molar-refractivity contribution in [3.05, 3.63) is 71.8 Å². The van der Waals surface area contributed by atoms with Crippen LogP contribution in [0.2, 0.25) is 0 Å². The number of nitrogens with one attached hydrogen (secondary N) is 1. The van der Waals surface area contributed by atoms with E-state index >= 15 is 0 Å². The van der Waals surface area contributed by atoms with Gasteiger partial charge in [0.2, 0.25) is 5.72 Å². The first kappa shape index (κ1) is 10.4. The molecule has 2 aliphatic rings. The first-order valence-electron chi connectivity index (χ1n) is 6.38. The average Bonchev–Trinajstić information content (AvgIpc) is 2.47. The zero-order chi connectivity index (χ0) is 12.7. The summed E-state index contributed by atoms with van der Waals surface area (Å²) in [6.45, 7) is 0. The molecule has 0 saturated heterocycles. The van der Waals surface area contributed by atoms with Crippen molar-refractivity contribution in [2.75, 3.05) is 5.32 Å². The average molecular weight is 247 g/mol. The Kier molecular flexibility index (Phi) is 2.06. The highest BCUT2D eigenvalue weighted by Gasteiger charge is 2.32. The summed E-state index contributed by atoms with van der Waals surface area (Å²) in [6.07, 6.45) is 8.32. The van der Waals surface area contributed by atoms with Gasteiger partial charge in [-0.15, -0.1) is 0 Å². The monoisotopic (exact) mass is 247 g/mol. The molecule has 1 atom stereocenters. The molecular formula is C17H13NO. The second kappa shape index (κ2) is 3.75. The number of hydrogen-bond donors (Lipinski definition) is 1. The Morgan fingerprint density at radius 3 is 2.37 bits per heavy atom. The van der Waals surface area contributed by atoms with Gasteiger partial charge >= 0.3 is 0 Å². The lowest BCUT2D eigenvalue weighted by atomic mass is 9.99. The van der Waals surface area contributed by atoms with Crippen LogP contribution in [0.3, 0.4) is 0 Å². The maximum absolute atomic E-state index is 6.13. The summed E-state index contributed by atoms with van der Waals surface area (Å²) in [5, 5.41) is 3.46. The minimum Gasteiger partial charge on any atom is -0.460 e. The van der Waals surface area contributed by atoms with Gasteiger partial charge in [-0.05, 0) is 35.9 Å². The van der Waals surface area contributed by atoms with Crippen molar-refractivity contribution < 1.29 is 4.74 Å². The van der Waals surface area contributed by atoms with E-state index in [9.17, 15) is 0 Å². The largest absolute Gasteiger partial charge is 0.460 e. The van der Waals surface area contributed by atoms with Gasteiger partial charge in [-0.25, -0.2) is 0 Å². The molecular weight excluding hydrogens is 234 g/mol. The van der Waals surface area contributed by atoms with Crippen LogP contribution in [0.4, 0.5) is 5.69 Å². The van der Waals surface area contributed by atoms with E-state index in [-0.39, 0.29) is 0 Å². The third-order valence-electron chi connectivity index (χ3n) is 3.51. The molecule has 2 aliphatic heterocycles. The molecule has 0 saturated carbocycles. The molecule has 0 bridgehead atoms. The van der Waals surface area contributed by atoms with Crippen LogP contribution in [0, 0.1) is 0 Å². The van der Waals surface area contributed by atoms with Crippen LogP contribution in [-0.2, 0) is 0 Å². The fraction of sp³-hybridized carbons (Fsp3) is 0.0588. The fourth-order valence-corrected chi connectivity index (χ4v) is 2.52. The molecule has 2 aromatic rings. The molecule has 19 heavy (non-hydrogen) atoms. The van der Waals surface area contributed by atoms with E-state index < -0.39 is 5.72 Å². The first-order chi connectivity index (χ1) is 9.35. The molecule has 92 valence electrons. The minimum absolute atomic E-state index is 0.567. The van der Waals surface area contributed by atoms with Crippen molar-refractivity contribution in [3.8, 4) is 5.75 Å². The predicted molar refractivity (Wildman–Crippen MR) is 77.9 cm³/mol. The maximum atomic E-state index is 6.13. The molecule has 2 heterocycles. The standard InChI is InChI=1S/C17H13NO/c1-3-7-15-13(5-1)9-11-17(18-15)12-10-14-6-2-4-8-16(14)19-17/h1-12,18H. The molecule has 0 amide bonds. The lowest BCUT2D eigenvalue weighted by Gasteiger charge is -2.36. The number of anilines is 1. The number of hydrogen-bond acceptors (Lipinski definition) is 2. The Bertz CT molecular complexity index is 638. The second-order valence-corrected chi connectivity index (χ2v) is 4.81. The van der Waals surface area contributed by atoms with Gasteiger partial charge in [-0.2, -0.15) is 0 Å². The topological polar surface area (TPSA) is 21.3 Å². The number of benzene rings is 2. The second-order valence-electron chi connectivity index (χ2n) is 4.81. The van der Waals surface area contributed by atoms with Gasteiger partial charge in [0.15, 0.2) is 0 Å². The van der Waals surface area contributed by atoms with E-state index in [0.717, 1.165) is 17.0 Å². The number of rotatable bonds is 0. The van der Waals surface area contributed by atoms with Crippen LogP contribution in [0.5, 0.6) is 5.75 Å². The Hall–Kier alpha value is -2.48. The van der Waals surface area contributed by atoms with Crippen molar-refractivity contribution >= 4 is 17.8 Å². The smallest absolute Gasteiger partial charge is 0.220 e. The molecule has 0 radical (unpaired) electrons. The third kappa shape index (κ3) is 1.65. The van der Waals surface area contributed by atoms with Gasteiger partial charge in [0, 0.05) is 11.3 Å². The zero-order valence-corrected chi connectivity index (χ0v) is 10.3. The van der Waals surface area contributed by atoms with Crippen LogP contribution in [0.1, 0.15) is 11.1 Å². The summed E-state index contributed by atoms with van der Waals surface area (Å²) >= 11 is 0. The van der Waals surface area contributed by atoms with Gasteiger partial charge in [0.05, 0.1) is 0 Å². The highest BCUT2D eigenvalue weighted by atomic mass is 16.5. The Balaban J connectivity index is 1.76. The van der Waals surface area contributed by atoms with E-state index in [1.54, 1.807) is 0 Å². The summed E-state index contributed by atoms with van der Waals surface area (Å²) in [5.74, 6) is 0.904. The van der Waals surface area contributed by atoms with Gasteiger partial charge < -0.3 is 10.1 Å². The Morgan fingerprint density at radius 2 is 1.47 bits per heavy atom. The molecule has 1 N–H and O–H groups in total. The van der Waals surface area contributed by atoms with Crippen molar-refractivity contribution in [1.29, 1.82) is 0 Å². The van der Waals surface area contributed by atoms with Crippen LogP contribution < -0.4 is 10.1 Å². The molecule has 0 aromatic heterocycles. The van der Waals surface area contributed by atoms with Gasteiger partial charge in [-0.1, -0.05) is 42.5 Å². The molecule has 2 nitrogen and oxygen atoms in total. The van der Waals surface area contributed by atoms with Gasteiger partial charge in [0.25, 0.3) is 0 Å². The minimum atomic E-state index is -0.567. The lowest BCUT2D eigenvalue weighted by Crippen LogP contribution is -2.43. The van der Waals surface area contributed by atoms with Gasteiger partial charge in [-0.3, -0.25) is 0 Å². The van der Waals surface area contributed by atoms with E-state index in [4.69, 9.17) is 4.74 Å². The van der Waals surface area contributed by atoms with Gasteiger partial charge in [0.1, 0.15) is 5.75 Å². The lowest BCUT2D eigenvalue weighted by molar-refractivity contribution is 0.198. The SMILES string of the molecule is C1=CC2(C=Cc3ccccc3O2)Nc2ccccc21. The molecule has 1 unspecified atom stereocenters. The molecule has 0 fully saturated rings. The van der Waals surface area contributed by atoms with E-state index in [1.807, 2.05) is 30.3 Å². The van der Waals surface area contributed by atoms with E-state index in [0.29, 0.717) is 0 Å². The van der Waals surface area contributed by atoms with Crippen molar-refractivity contribution in [2.45, 2.75) is 5.72 Å². The van der Waals surface area contributed by atoms with Crippen molar-refractivity contribution in [3.63, 3.8) is 0 Å². The first-order valence-corrected chi connectivity index (χ1v) is 6.38. The maximum Gasteiger partial charge on any atom is 0.220 e. The third-order valence-corrected chi connectivity index (χ3v) is 3.51. The zero-order valence-electron chi connectivity index (χ0n) is 10.3. The molecule has 2 heteroatoms. The van der Waals surface area contributed by atoms with E-state index in [1.165, 1.54) is 5.56 Å². The quantitative estimate of drug-likeness (QED) is 0.761. The van der Waals surface area contributed by atoms with Crippen molar-refractivity contribution in [1.82, 2.24) is 0 Å². The summed E-state index contributed by atoms with van der Waals surface area (Å²) in [6, 6.07) is 16.3. The summed E-state index contributed by atoms with van der Waals surface area (Å²) < 4.78 is 6.13. The highest BCUT2D eigenvalue weighted by molar-refractivity contribution is 5.75. The number of fused-ring (bicyclic) bond motifs is 2. The van der Waals surface area contributed by atoms with Crippen LogP contribution in [0.25, 0.3) is 12.2 Å². The number of ether oxygens (including phenoxy) is 1. The molecule has 1 spiro atoms. The van der Waals surface area contributed by atoms with Crippen LogP contribution >= 0.6 is 0 Å². The summed E-state index contributed by atoms with van der Waals surface area (Å²) in [4.78, 5) is 0. The van der Waals surface area contributed by atoms with E-state index in [2.05, 4.69) is 47.8 Å². The Labute approximate surface area is 112 Å². The van der Waals surface area contributed by atoms with Crippen LogP contribution in [-0.4, -0.2) is 5.72 Å². The number of para-hydroxylation sites is 2. The molecule has 4 rings (SSSR count). The van der Waals surface area contributed by atoms with Crippen LogP contribution in [0.15, 0.2) is 60.7 Å². The highest BCUT2D eigenvalue weighted by Crippen LogP contribution is 2.36. The molecule has 2 aromatic carbocycles. The molecule has 0 aliphatic carbocycles. The Morgan fingerprint density at radius 1 is 0.789 bits per heavy atom. The normalized spacial score (nSPS) is 22.3. The summed E-state index contributed by atoms with van der Waals surface area (Å²) in [7, 11) is 0. The predicted octanol–water partition coefficient (Wildman–Crippen LogP) is 3.93. The summed E-state index contributed by atoms with van der Waals surface area (Å²) in [5.41, 5.74) is 2.82. The fourth-order valence-electron chi connectivity index (χ4n) is 2.52.